The van der Waals surface area contributed by atoms with Crippen molar-refractivity contribution in [1.82, 2.24) is 5.32 Å². The van der Waals surface area contributed by atoms with Crippen LogP contribution in [0.3, 0.4) is 0 Å². The quantitative estimate of drug-likeness (QED) is 0.728. The van der Waals surface area contributed by atoms with Gasteiger partial charge in [0, 0.05) is 19.2 Å². The highest BCUT2D eigenvalue weighted by molar-refractivity contribution is 4.70. The van der Waals surface area contributed by atoms with Gasteiger partial charge in [0.25, 0.3) is 0 Å². The molecule has 0 radical (unpaired) electrons. The van der Waals surface area contributed by atoms with Gasteiger partial charge >= 0.3 is 0 Å². The number of aliphatic hydroxyl groups is 1. The summed E-state index contributed by atoms with van der Waals surface area (Å²) in [6.07, 6.45) is 9.67. The van der Waals surface area contributed by atoms with E-state index in [0.717, 1.165) is 6.54 Å². The first-order valence-corrected chi connectivity index (χ1v) is 6.17. The number of hydrogen-bond donors (Lipinski definition) is 2. The monoisotopic (exact) mass is 199 g/mol. The molecule has 2 N–H and O–H groups in total. The molecule has 14 heavy (non-hydrogen) atoms. The van der Waals surface area contributed by atoms with Crippen molar-refractivity contribution in [3.05, 3.63) is 0 Å². The molecule has 1 aliphatic rings. The Bertz CT molecular complexity index is 130. The van der Waals surface area contributed by atoms with Crippen LogP contribution in [0.1, 0.15) is 51.9 Å². The van der Waals surface area contributed by atoms with Crippen LogP contribution in [-0.2, 0) is 0 Å². The Labute approximate surface area is 88.1 Å². The van der Waals surface area contributed by atoms with Gasteiger partial charge in [-0.2, -0.15) is 0 Å². The second kappa shape index (κ2) is 7.24. The van der Waals surface area contributed by atoms with Crippen molar-refractivity contribution in [1.29, 1.82) is 0 Å². The average molecular weight is 199 g/mol. The van der Waals surface area contributed by atoms with E-state index in [4.69, 9.17) is 5.11 Å². The molecule has 84 valence electrons. The summed E-state index contributed by atoms with van der Waals surface area (Å²) in [6.45, 7) is 3.37. The maximum absolute atomic E-state index is 8.92. The third-order valence-electron chi connectivity index (χ3n) is 3.17. The van der Waals surface area contributed by atoms with Crippen LogP contribution in [-0.4, -0.2) is 24.3 Å². The van der Waals surface area contributed by atoms with Crippen molar-refractivity contribution in [3.8, 4) is 0 Å². The minimum atomic E-state index is 0.305. The normalized spacial score (nSPS) is 22.7. The molecule has 1 atom stereocenters. The van der Waals surface area contributed by atoms with Crippen LogP contribution >= 0.6 is 0 Å². The van der Waals surface area contributed by atoms with Crippen molar-refractivity contribution in [2.75, 3.05) is 13.2 Å². The van der Waals surface area contributed by atoms with Crippen molar-refractivity contribution >= 4 is 0 Å². The van der Waals surface area contributed by atoms with Gasteiger partial charge in [-0.05, 0) is 18.8 Å². The van der Waals surface area contributed by atoms with Gasteiger partial charge in [0.2, 0.25) is 0 Å². The van der Waals surface area contributed by atoms with Crippen LogP contribution in [0.2, 0.25) is 0 Å². The Morgan fingerprint density at radius 3 is 2.29 bits per heavy atom. The van der Waals surface area contributed by atoms with Gasteiger partial charge in [-0.1, -0.05) is 39.0 Å². The molecule has 0 spiro atoms. The molecule has 0 aliphatic heterocycles. The van der Waals surface area contributed by atoms with Gasteiger partial charge in [0.15, 0.2) is 0 Å². The first kappa shape index (κ1) is 12.0. The molecule has 0 aromatic rings. The van der Waals surface area contributed by atoms with Crippen LogP contribution in [0, 0.1) is 5.92 Å². The molecule has 0 bridgehead atoms. The van der Waals surface area contributed by atoms with E-state index in [0.29, 0.717) is 18.6 Å². The third-order valence-corrected chi connectivity index (χ3v) is 3.17. The van der Waals surface area contributed by atoms with Crippen LogP contribution < -0.4 is 5.32 Å². The lowest BCUT2D eigenvalue weighted by Gasteiger charge is -2.22. The summed E-state index contributed by atoms with van der Waals surface area (Å²) in [4.78, 5) is 0. The zero-order chi connectivity index (χ0) is 10.2. The Balaban J connectivity index is 2.13. The third kappa shape index (κ3) is 4.97. The number of rotatable bonds is 4. The molecule has 0 saturated heterocycles. The van der Waals surface area contributed by atoms with Crippen LogP contribution in [0.15, 0.2) is 0 Å². The van der Waals surface area contributed by atoms with Gasteiger partial charge in [-0.3, -0.25) is 0 Å². The van der Waals surface area contributed by atoms with E-state index in [-0.39, 0.29) is 0 Å². The number of aliphatic hydroxyl groups excluding tert-OH is 1. The van der Waals surface area contributed by atoms with Crippen LogP contribution in [0.5, 0.6) is 0 Å². The molecule has 0 aromatic carbocycles. The molecule has 0 amide bonds. The van der Waals surface area contributed by atoms with Gasteiger partial charge in [0.1, 0.15) is 0 Å². The first-order valence-electron chi connectivity index (χ1n) is 6.17. The van der Waals surface area contributed by atoms with Gasteiger partial charge < -0.3 is 10.4 Å². The lowest BCUT2D eigenvalue weighted by atomic mass is 9.96. The van der Waals surface area contributed by atoms with E-state index < -0.39 is 0 Å². The molecule has 2 nitrogen and oxygen atoms in total. The predicted molar refractivity (Wildman–Crippen MR) is 60.4 cm³/mol. The number of hydrogen-bond acceptors (Lipinski definition) is 2. The van der Waals surface area contributed by atoms with Gasteiger partial charge in [-0.15, -0.1) is 0 Å². The van der Waals surface area contributed by atoms with Crippen molar-refractivity contribution < 1.29 is 5.11 Å². The minimum absolute atomic E-state index is 0.305. The van der Waals surface area contributed by atoms with E-state index in [1.165, 1.54) is 44.9 Å². The van der Waals surface area contributed by atoms with E-state index in [1.807, 2.05) is 0 Å². The second-order valence-electron chi connectivity index (χ2n) is 4.74. The summed E-state index contributed by atoms with van der Waals surface area (Å²) >= 11 is 0. The summed E-state index contributed by atoms with van der Waals surface area (Å²) in [5, 5.41) is 12.5. The van der Waals surface area contributed by atoms with Crippen LogP contribution in [0.25, 0.3) is 0 Å². The molecule has 1 unspecified atom stereocenters. The fourth-order valence-electron chi connectivity index (χ4n) is 2.09. The van der Waals surface area contributed by atoms with Crippen LogP contribution in [0.4, 0.5) is 0 Å². The lowest BCUT2D eigenvalue weighted by Crippen LogP contribution is -2.34. The molecule has 1 saturated carbocycles. The topological polar surface area (TPSA) is 32.3 Å². The fraction of sp³-hybridized carbons (Fsp3) is 1.00. The highest BCUT2D eigenvalue weighted by Gasteiger charge is 2.11. The Morgan fingerprint density at radius 2 is 1.71 bits per heavy atom. The van der Waals surface area contributed by atoms with E-state index in [2.05, 4.69) is 12.2 Å². The summed E-state index contributed by atoms with van der Waals surface area (Å²) in [7, 11) is 0. The average Bonchev–Trinajstić information content (AvgIpc) is 2.15. The molecular weight excluding hydrogens is 174 g/mol. The predicted octanol–water partition coefficient (Wildman–Crippen LogP) is 2.32. The molecule has 1 aliphatic carbocycles. The van der Waals surface area contributed by atoms with E-state index >= 15 is 0 Å². The summed E-state index contributed by atoms with van der Waals surface area (Å²) in [6, 6.07) is 0.712. The van der Waals surface area contributed by atoms with Crippen molar-refractivity contribution in [2.24, 2.45) is 5.92 Å². The van der Waals surface area contributed by atoms with Crippen molar-refractivity contribution in [2.45, 2.75) is 57.9 Å². The smallest absolute Gasteiger partial charge is 0.0468 e. The minimum Gasteiger partial charge on any atom is -0.396 e. The molecule has 0 aromatic heterocycles. The zero-order valence-corrected chi connectivity index (χ0v) is 9.47. The number of nitrogens with one attached hydrogen (secondary N) is 1. The van der Waals surface area contributed by atoms with Crippen molar-refractivity contribution in [3.63, 3.8) is 0 Å². The summed E-state index contributed by atoms with van der Waals surface area (Å²) < 4.78 is 0. The fourth-order valence-corrected chi connectivity index (χ4v) is 2.09. The molecule has 1 rings (SSSR count). The maximum atomic E-state index is 8.92. The SMILES string of the molecule is CC(CO)CNC1CCCCCCC1. The Kier molecular flexibility index (Phi) is 6.20. The molecule has 2 heteroatoms. The standard InChI is InChI=1S/C12H25NO/c1-11(10-14)9-13-12-7-5-3-2-4-6-8-12/h11-14H,2-10H2,1H3. The molecule has 1 fully saturated rings. The Morgan fingerprint density at radius 1 is 1.14 bits per heavy atom. The second-order valence-corrected chi connectivity index (χ2v) is 4.74. The summed E-state index contributed by atoms with van der Waals surface area (Å²) in [5.41, 5.74) is 0. The molecule has 0 heterocycles. The first-order chi connectivity index (χ1) is 6.83. The van der Waals surface area contributed by atoms with E-state index in [1.54, 1.807) is 0 Å². The largest absolute Gasteiger partial charge is 0.396 e. The molecular formula is C12H25NO. The zero-order valence-electron chi connectivity index (χ0n) is 9.47. The van der Waals surface area contributed by atoms with Gasteiger partial charge in [-0.25, -0.2) is 0 Å². The maximum Gasteiger partial charge on any atom is 0.0468 e. The highest BCUT2D eigenvalue weighted by Crippen LogP contribution is 2.17. The van der Waals surface area contributed by atoms with Gasteiger partial charge in [0.05, 0.1) is 0 Å². The van der Waals surface area contributed by atoms with E-state index in [9.17, 15) is 0 Å². The lowest BCUT2D eigenvalue weighted by molar-refractivity contribution is 0.226. The summed E-state index contributed by atoms with van der Waals surface area (Å²) in [5.74, 6) is 0.403. The Hall–Kier alpha value is -0.0800. The highest BCUT2D eigenvalue weighted by atomic mass is 16.3.